The van der Waals surface area contributed by atoms with E-state index in [0.29, 0.717) is 19.5 Å². The number of carbonyl (C=O) groups excluding carboxylic acids is 1. The van der Waals surface area contributed by atoms with Crippen LogP contribution in [0.1, 0.15) is 12.0 Å². The molecular formula is C11H18N2O. The van der Waals surface area contributed by atoms with Crippen molar-refractivity contribution in [2.45, 2.75) is 13.3 Å². The summed E-state index contributed by atoms with van der Waals surface area (Å²) in [5, 5.41) is 2.49. The van der Waals surface area contributed by atoms with Crippen LogP contribution >= 0.6 is 0 Å². The van der Waals surface area contributed by atoms with Gasteiger partial charge in [0, 0.05) is 6.54 Å². The molecule has 3 nitrogen and oxygen atoms in total. The van der Waals surface area contributed by atoms with E-state index in [1.165, 1.54) is 5.56 Å². The quantitative estimate of drug-likeness (QED) is 0.556. The highest BCUT2D eigenvalue weighted by atomic mass is 16.1. The molecule has 0 aliphatic rings. The van der Waals surface area contributed by atoms with Crippen molar-refractivity contribution in [2.75, 3.05) is 13.1 Å². The predicted octanol–water partition coefficient (Wildman–Crippen LogP) is 1.08. The molecule has 3 heteroatoms. The van der Waals surface area contributed by atoms with Crippen LogP contribution in [0.15, 0.2) is 30.3 Å². The highest BCUT2D eigenvalue weighted by Gasteiger charge is 1.76. The van der Waals surface area contributed by atoms with Crippen molar-refractivity contribution in [3.05, 3.63) is 35.9 Å². The molecule has 0 saturated carbocycles. The van der Waals surface area contributed by atoms with Crippen LogP contribution in [0.2, 0.25) is 0 Å². The second-order valence-electron chi connectivity index (χ2n) is 2.87. The molecule has 1 amide bonds. The Morgan fingerprint density at radius 3 is 2.36 bits per heavy atom. The highest BCUT2D eigenvalue weighted by Crippen LogP contribution is 1.92. The maximum Gasteiger partial charge on any atom is 0.207 e. The fraction of sp³-hybridized carbons (Fsp3) is 0.364. The molecule has 0 heterocycles. The first-order valence-electron chi connectivity index (χ1n) is 4.70. The van der Waals surface area contributed by atoms with Crippen molar-refractivity contribution in [3.8, 4) is 0 Å². The average Bonchev–Trinajstić information content (AvgIpc) is 2.21. The van der Waals surface area contributed by atoms with Gasteiger partial charge in [-0.3, -0.25) is 4.79 Å². The Morgan fingerprint density at radius 2 is 2.00 bits per heavy atom. The third-order valence-corrected chi connectivity index (χ3v) is 1.55. The van der Waals surface area contributed by atoms with Crippen molar-refractivity contribution in [2.24, 2.45) is 5.73 Å². The lowest BCUT2D eigenvalue weighted by molar-refractivity contribution is -0.109. The van der Waals surface area contributed by atoms with Crippen LogP contribution in [-0.2, 0) is 4.79 Å². The highest BCUT2D eigenvalue weighted by molar-refractivity contribution is 5.45. The molecule has 3 N–H and O–H groups in total. The predicted molar refractivity (Wildman–Crippen MR) is 58.9 cm³/mol. The van der Waals surface area contributed by atoms with E-state index in [1.54, 1.807) is 0 Å². The van der Waals surface area contributed by atoms with Crippen LogP contribution in [0, 0.1) is 6.92 Å². The second-order valence-corrected chi connectivity index (χ2v) is 2.87. The SMILES string of the molecule is Cc1ccccc1.NCCCNC=O. The number of hydrogen-bond acceptors (Lipinski definition) is 2. The number of aryl methyl sites for hydroxylation is 1. The molecule has 14 heavy (non-hydrogen) atoms. The number of amides is 1. The third-order valence-electron chi connectivity index (χ3n) is 1.55. The minimum Gasteiger partial charge on any atom is -0.359 e. The first kappa shape index (κ1) is 12.7. The zero-order valence-corrected chi connectivity index (χ0v) is 8.57. The van der Waals surface area contributed by atoms with E-state index >= 15 is 0 Å². The van der Waals surface area contributed by atoms with Gasteiger partial charge in [-0.2, -0.15) is 0 Å². The molecule has 1 aromatic carbocycles. The van der Waals surface area contributed by atoms with Gasteiger partial charge in [0.1, 0.15) is 0 Å². The fourth-order valence-electron chi connectivity index (χ4n) is 0.797. The Bertz CT molecular complexity index is 224. The molecule has 0 spiro atoms. The Labute approximate surface area is 85.3 Å². The molecule has 0 saturated heterocycles. The summed E-state index contributed by atoms with van der Waals surface area (Å²) in [5.41, 5.74) is 6.44. The molecule has 78 valence electrons. The van der Waals surface area contributed by atoms with Gasteiger partial charge in [-0.25, -0.2) is 0 Å². The maximum absolute atomic E-state index is 9.53. The van der Waals surface area contributed by atoms with Gasteiger partial charge in [0.15, 0.2) is 0 Å². The lowest BCUT2D eigenvalue weighted by Gasteiger charge is -1.90. The molecule has 0 atom stereocenters. The minimum absolute atomic E-state index is 0.640. The normalized spacial score (nSPS) is 8.43. The van der Waals surface area contributed by atoms with Crippen molar-refractivity contribution in [3.63, 3.8) is 0 Å². The number of benzene rings is 1. The van der Waals surface area contributed by atoms with Crippen molar-refractivity contribution in [1.82, 2.24) is 5.32 Å². The Kier molecular flexibility index (Phi) is 8.80. The average molecular weight is 194 g/mol. The molecule has 0 aliphatic carbocycles. The van der Waals surface area contributed by atoms with Gasteiger partial charge in [0.05, 0.1) is 0 Å². The maximum atomic E-state index is 9.53. The second kappa shape index (κ2) is 9.74. The molecule has 0 aliphatic heterocycles. The van der Waals surface area contributed by atoms with Crippen molar-refractivity contribution < 1.29 is 4.79 Å². The standard InChI is InChI=1S/C7H8.C4H10N2O/c1-7-5-3-2-4-6-7;5-2-1-3-6-4-7/h2-6H,1H3;4H,1-3,5H2,(H,6,7). The molecule has 1 aromatic rings. The topological polar surface area (TPSA) is 55.1 Å². The van der Waals surface area contributed by atoms with Gasteiger partial charge in [0.2, 0.25) is 6.41 Å². The third kappa shape index (κ3) is 8.74. The smallest absolute Gasteiger partial charge is 0.207 e. The van der Waals surface area contributed by atoms with E-state index < -0.39 is 0 Å². The van der Waals surface area contributed by atoms with Gasteiger partial charge in [-0.05, 0) is 19.9 Å². The van der Waals surface area contributed by atoms with Gasteiger partial charge in [-0.1, -0.05) is 35.9 Å². The van der Waals surface area contributed by atoms with E-state index in [9.17, 15) is 4.79 Å². The molecule has 0 radical (unpaired) electrons. The molecule has 0 fully saturated rings. The minimum atomic E-state index is 0.640. The number of nitrogens with one attached hydrogen (secondary N) is 1. The van der Waals surface area contributed by atoms with Crippen LogP contribution in [-0.4, -0.2) is 19.5 Å². The summed E-state index contributed by atoms with van der Waals surface area (Å²) in [5.74, 6) is 0. The zero-order valence-electron chi connectivity index (χ0n) is 8.57. The monoisotopic (exact) mass is 194 g/mol. The number of nitrogens with two attached hydrogens (primary N) is 1. The molecule has 1 rings (SSSR count). The molecular weight excluding hydrogens is 176 g/mol. The zero-order chi connectivity index (χ0) is 10.6. The Balaban J connectivity index is 0.000000241. The van der Waals surface area contributed by atoms with Crippen molar-refractivity contribution in [1.29, 1.82) is 0 Å². The molecule has 0 aromatic heterocycles. The Hall–Kier alpha value is -1.35. The van der Waals surface area contributed by atoms with Crippen LogP contribution < -0.4 is 11.1 Å². The summed E-state index contributed by atoms with van der Waals surface area (Å²) in [4.78, 5) is 9.53. The van der Waals surface area contributed by atoms with E-state index in [0.717, 1.165) is 6.42 Å². The van der Waals surface area contributed by atoms with Crippen LogP contribution in [0.25, 0.3) is 0 Å². The van der Waals surface area contributed by atoms with Crippen LogP contribution in [0.3, 0.4) is 0 Å². The summed E-state index contributed by atoms with van der Waals surface area (Å²) in [7, 11) is 0. The van der Waals surface area contributed by atoms with Gasteiger partial charge >= 0.3 is 0 Å². The van der Waals surface area contributed by atoms with Crippen molar-refractivity contribution >= 4 is 6.41 Å². The first-order chi connectivity index (χ1) is 6.81. The number of hydrogen-bond donors (Lipinski definition) is 2. The van der Waals surface area contributed by atoms with E-state index in [-0.39, 0.29) is 0 Å². The summed E-state index contributed by atoms with van der Waals surface area (Å²) < 4.78 is 0. The molecule has 0 bridgehead atoms. The van der Waals surface area contributed by atoms with Crippen LogP contribution in [0.5, 0.6) is 0 Å². The Morgan fingerprint density at radius 1 is 1.36 bits per heavy atom. The summed E-state index contributed by atoms with van der Waals surface area (Å²) in [6.45, 7) is 3.42. The lowest BCUT2D eigenvalue weighted by atomic mass is 10.2. The first-order valence-corrected chi connectivity index (χ1v) is 4.70. The van der Waals surface area contributed by atoms with E-state index in [2.05, 4.69) is 24.4 Å². The van der Waals surface area contributed by atoms with Gasteiger partial charge in [0.25, 0.3) is 0 Å². The van der Waals surface area contributed by atoms with E-state index in [4.69, 9.17) is 5.73 Å². The van der Waals surface area contributed by atoms with E-state index in [1.807, 2.05) is 18.2 Å². The lowest BCUT2D eigenvalue weighted by Crippen LogP contribution is -2.15. The largest absolute Gasteiger partial charge is 0.359 e. The summed E-state index contributed by atoms with van der Waals surface area (Å²) >= 11 is 0. The van der Waals surface area contributed by atoms with Gasteiger partial charge < -0.3 is 11.1 Å². The summed E-state index contributed by atoms with van der Waals surface area (Å²) in [6.07, 6.45) is 1.54. The number of carbonyl (C=O) groups is 1. The fourth-order valence-corrected chi connectivity index (χ4v) is 0.797. The number of rotatable bonds is 4. The van der Waals surface area contributed by atoms with Crippen LogP contribution in [0.4, 0.5) is 0 Å². The molecule has 0 unspecified atom stereocenters. The summed E-state index contributed by atoms with van der Waals surface area (Å²) in [6, 6.07) is 10.3. The van der Waals surface area contributed by atoms with Gasteiger partial charge in [-0.15, -0.1) is 0 Å².